The molecule has 0 aliphatic heterocycles. The van der Waals surface area contributed by atoms with Gasteiger partial charge >= 0.3 is 6.36 Å². The Labute approximate surface area is 103 Å². The van der Waals surface area contributed by atoms with Gasteiger partial charge in [-0.15, -0.1) is 13.2 Å². The summed E-state index contributed by atoms with van der Waals surface area (Å²) in [6.45, 7) is 1.45. The zero-order valence-electron chi connectivity index (χ0n) is 10.0. The van der Waals surface area contributed by atoms with Crippen molar-refractivity contribution in [2.45, 2.75) is 26.1 Å². The first-order valence-electron chi connectivity index (χ1n) is 5.24. The standard InChI is InChI=1S/C12H13F3O3/c1-8(16)3-4-9-5-6-10(7-11(9)17-2)18-12(13,14)15/h5-7H,3-4H2,1-2H3. The number of Topliss-reactive ketones (excluding diaryl/α,β-unsaturated/α-hetero) is 1. The largest absolute Gasteiger partial charge is 0.573 e. The van der Waals surface area contributed by atoms with Gasteiger partial charge in [0.05, 0.1) is 7.11 Å². The monoisotopic (exact) mass is 262 g/mol. The van der Waals surface area contributed by atoms with E-state index in [0.717, 1.165) is 6.07 Å². The van der Waals surface area contributed by atoms with Crippen LogP contribution in [-0.4, -0.2) is 19.3 Å². The minimum Gasteiger partial charge on any atom is -0.496 e. The van der Waals surface area contributed by atoms with Crippen LogP contribution in [0.25, 0.3) is 0 Å². The van der Waals surface area contributed by atoms with Gasteiger partial charge in [-0.05, 0) is 25.0 Å². The minimum atomic E-state index is -4.73. The first-order valence-corrected chi connectivity index (χ1v) is 5.24. The molecule has 0 amide bonds. The highest BCUT2D eigenvalue weighted by Gasteiger charge is 2.31. The van der Waals surface area contributed by atoms with Gasteiger partial charge in [0.1, 0.15) is 17.3 Å². The second-order valence-electron chi connectivity index (χ2n) is 3.72. The van der Waals surface area contributed by atoms with E-state index >= 15 is 0 Å². The summed E-state index contributed by atoms with van der Waals surface area (Å²) < 4.78 is 44.8. The Bertz CT molecular complexity index is 427. The Hall–Kier alpha value is -1.72. The van der Waals surface area contributed by atoms with Gasteiger partial charge in [0.15, 0.2) is 0 Å². The fourth-order valence-electron chi connectivity index (χ4n) is 1.44. The second kappa shape index (κ2) is 5.75. The number of alkyl halides is 3. The molecule has 0 unspecified atom stereocenters. The molecule has 0 saturated carbocycles. The second-order valence-corrected chi connectivity index (χ2v) is 3.72. The Balaban J connectivity index is 2.86. The summed E-state index contributed by atoms with van der Waals surface area (Å²) in [5.74, 6) is -0.0587. The molecule has 0 heterocycles. The summed E-state index contributed by atoms with van der Waals surface area (Å²) in [6.07, 6.45) is -3.99. The zero-order valence-corrected chi connectivity index (χ0v) is 10.0. The van der Waals surface area contributed by atoms with Gasteiger partial charge < -0.3 is 14.3 Å². The van der Waals surface area contributed by atoms with E-state index in [0.29, 0.717) is 18.4 Å². The molecular formula is C12H13F3O3. The molecule has 0 fully saturated rings. The lowest BCUT2D eigenvalue weighted by Gasteiger charge is -2.12. The predicted octanol–water partition coefficient (Wildman–Crippen LogP) is 3.12. The highest BCUT2D eigenvalue weighted by Crippen LogP contribution is 2.29. The molecule has 0 spiro atoms. The SMILES string of the molecule is COc1cc(OC(F)(F)F)ccc1CCC(C)=O. The van der Waals surface area contributed by atoms with E-state index in [1.807, 2.05) is 0 Å². The van der Waals surface area contributed by atoms with Crippen LogP contribution in [-0.2, 0) is 11.2 Å². The number of aryl methyl sites for hydroxylation is 1. The minimum absolute atomic E-state index is 0.00710. The highest BCUT2D eigenvalue weighted by molar-refractivity contribution is 5.75. The van der Waals surface area contributed by atoms with Crippen LogP contribution in [0.1, 0.15) is 18.9 Å². The van der Waals surface area contributed by atoms with Gasteiger partial charge in [0.2, 0.25) is 0 Å². The topological polar surface area (TPSA) is 35.5 Å². The molecule has 100 valence electrons. The summed E-state index contributed by atoms with van der Waals surface area (Å²) >= 11 is 0. The smallest absolute Gasteiger partial charge is 0.496 e. The van der Waals surface area contributed by atoms with Crippen LogP contribution in [0.15, 0.2) is 18.2 Å². The van der Waals surface area contributed by atoms with E-state index in [4.69, 9.17) is 4.74 Å². The van der Waals surface area contributed by atoms with Crippen molar-refractivity contribution in [3.05, 3.63) is 23.8 Å². The van der Waals surface area contributed by atoms with Crippen molar-refractivity contribution in [1.82, 2.24) is 0 Å². The molecular weight excluding hydrogens is 249 g/mol. The van der Waals surface area contributed by atoms with E-state index in [1.165, 1.54) is 26.2 Å². The molecule has 0 radical (unpaired) electrons. The van der Waals surface area contributed by atoms with Crippen LogP contribution in [0, 0.1) is 0 Å². The molecule has 0 aliphatic carbocycles. The Kier molecular flexibility index (Phi) is 4.58. The van der Waals surface area contributed by atoms with Crippen molar-refractivity contribution in [3.8, 4) is 11.5 Å². The van der Waals surface area contributed by atoms with E-state index in [-0.39, 0.29) is 17.3 Å². The molecule has 3 nitrogen and oxygen atoms in total. The maximum atomic E-state index is 12.0. The zero-order chi connectivity index (χ0) is 13.8. The summed E-state index contributed by atoms with van der Waals surface area (Å²) in [4.78, 5) is 10.9. The van der Waals surface area contributed by atoms with Gasteiger partial charge in [-0.2, -0.15) is 0 Å². The van der Waals surface area contributed by atoms with Crippen LogP contribution in [0.2, 0.25) is 0 Å². The third kappa shape index (κ3) is 4.65. The maximum Gasteiger partial charge on any atom is 0.573 e. The first kappa shape index (κ1) is 14.3. The van der Waals surface area contributed by atoms with Crippen molar-refractivity contribution in [2.24, 2.45) is 0 Å². The number of carbonyl (C=O) groups excluding carboxylic acids is 1. The fraction of sp³-hybridized carbons (Fsp3) is 0.417. The molecule has 0 aliphatic rings. The van der Waals surface area contributed by atoms with Gasteiger partial charge in [-0.3, -0.25) is 0 Å². The average molecular weight is 262 g/mol. The van der Waals surface area contributed by atoms with E-state index in [9.17, 15) is 18.0 Å². The number of methoxy groups -OCH3 is 1. The van der Waals surface area contributed by atoms with Gasteiger partial charge in [0.25, 0.3) is 0 Å². The third-order valence-electron chi connectivity index (χ3n) is 2.24. The molecule has 1 aromatic rings. The molecule has 1 aromatic carbocycles. The number of hydrogen-bond donors (Lipinski definition) is 0. The molecule has 6 heteroatoms. The van der Waals surface area contributed by atoms with E-state index < -0.39 is 6.36 Å². The lowest BCUT2D eigenvalue weighted by molar-refractivity contribution is -0.274. The Morgan fingerprint density at radius 1 is 1.33 bits per heavy atom. The number of hydrogen-bond acceptors (Lipinski definition) is 3. The molecule has 0 bridgehead atoms. The van der Waals surface area contributed by atoms with Crippen molar-refractivity contribution < 1.29 is 27.4 Å². The van der Waals surface area contributed by atoms with Crippen molar-refractivity contribution in [2.75, 3.05) is 7.11 Å². The average Bonchev–Trinajstić information content (AvgIpc) is 2.24. The Morgan fingerprint density at radius 2 is 2.00 bits per heavy atom. The quantitative estimate of drug-likeness (QED) is 0.817. The summed E-state index contributed by atoms with van der Waals surface area (Å²) in [5, 5.41) is 0. The van der Waals surface area contributed by atoms with Gasteiger partial charge in [0, 0.05) is 12.5 Å². The number of halogens is 3. The van der Waals surface area contributed by atoms with Crippen molar-refractivity contribution >= 4 is 5.78 Å². The molecule has 0 N–H and O–H groups in total. The lowest BCUT2D eigenvalue weighted by atomic mass is 10.1. The van der Waals surface area contributed by atoms with E-state index in [2.05, 4.69) is 4.74 Å². The number of ketones is 1. The van der Waals surface area contributed by atoms with Crippen LogP contribution >= 0.6 is 0 Å². The third-order valence-corrected chi connectivity index (χ3v) is 2.24. The summed E-state index contributed by atoms with van der Waals surface area (Å²) in [6, 6.07) is 3.82. The molecule has 0 aromatic heterocycles. The fourth-order valence-corrected chi connectivity index (χ4v) is 1.44. The Morgan fingerprint density at radius 3 is 2.50 bits per heavy atom. The normalized spacial score (nSPS) is 11.2. The molecule has 0 saturated heterocycles. The predicted molar refractivity (Wildman–Crippen MR) is 58.7 cm³/mol. The number of benzene rings is 1. The van der Waals surface area contributed by atoms with E-state index in [1.54, 1.807) is 0 Å². The van der Waals surface area contributed by atoms with Crippen LogP contribution < -0.4 is 9.47 Å². The molecule has 1 rings (SSSR count). The molecule has 18 heavy (non-hydrogen) atoms. The van der Waals surface area contributed by atoms with Crippen molar-refractivity contribution in [3.63, 3.8) is 0 Å². The first-order chi connectivity index (χ1) is 8.31. The van der Waals surface area contributed by atoms with Gasteiger partial charge in [-0.25, -0.2) is 0 Å². The number of carbonyl (C=O) groups is 1. The maximum absolute atomic E-state index is 12.0. The van der Waals surface area contributed by atoms with Gasteiger partial charge in [-0.1, -0.05) is 6.07 Å². The molecule has 0 atom stereocenters. The number of ether oxygens (including phenoxy) is 2. The van der Waals surface area contributed by atoms with Crippen LogP contribution in [0.5, 0.6) is 11.5 Å². The summed E-state index contributed by atoms with van der Waals surface area (Å²) in [5.41, 5.74) is 0.669. The lowest BCUT2D eigenvalue weighted by Crippen LogP contribution is -2.17. The van der Waals surface area contributed by atoms with Crippen molar-refractivity contribution in [1.29, 1.82) is 0 Å². The number of rotatable bonds is 5. The summed E-state index contributed by atoms with van der Waals surface area (Å²) in [7, 11) is 1.35. The highest BCUT2D eigenvalue weighted by atomic mass is 19.4. The van der Waals surface area contributed by atoms with Crippen LogP contribution in [0.4, 0.5) is 13.2 Å². The van der Waals surface area contributed by atoms with Crippen LogP contribution in [0.3, 0.4) is 0 Å².